The van der Waals surface area contributed by atoms with Gasteiger partial charge in [0.05, 0.1) is 0 Å². The van der Waals surface area contributed by atoms with E-state index >= 15 is 0 Å². The molecule has 0 spiro atoms. The van der Waals surface area contributed by atoms with Crippen molar-refractivity contribution >= 4 is 5.78 Å². The minimum absolute atomic E-state index is 0.171. The maximum absolute atomic E-state index is 12.5. The third-order valence-corrected chi connectivity index (χ3v) is 6.89. The molecule has 2 bridgehead atoms. The molecule has 5 atom stereocenters. The molecule has 0 aliphatic heterocycles. The first-order chi connectivity index (χ1) is 8.23. The van der Waals surface area contributed by atoms with Gasteiger partial charge in [0.1, 0.15) is 5.78 Å². The molecule has 0 aromatic heterocycles. The lowest BCUT2D eigenvalue weighted by Crippen LogP contribution is -2.36. The first-order valence-corrected chi connectivity index (χ1v) is 7.44. The van der Waals surface area contributed by atoms with Crippen molar-refractivity contribution in [2.75, 3.05) is 0 Å². The van der Waals surface area contributed by atoms with Crippen LogP contribution in [0.5, 0.6) is 0 Å². The van der Waals surface area contributed by atoms with Gasteiger partial charge in [-0.1, -0.05) is 38.8 Å². The zero-order valence-corrected chi connectivity index (χ0v) is 12.6. The zero-order chi connectivity index (χ0) is 13.5. The molecule has 3 aliphatic carbocycles. The SMILES string of the molecule is CC1=C(C)C2(C)CC1(C)[C@@H]1[C@@H](C(C)C)CC(=O)[C@@H]12. The molecule has 2 saturated carbocycles. The number of ketones is 1. The molecule has 1 nitrogen and oxygen atoms in total. The predicted molar refractivity (Wildman–Crippen MR) is 74.1 cm³/mol. The normalized spacial score (nSPS) is 50.6. The van der Waals surface area contributed by atoms with E-state index < -0.39 is 0 Å². The average molecular weight is 246 g/mol. The van der Waals surface area contributed by atoms with E-state index in [0.29, 0.717) is 34.9 Å². The zero-order valence-electron chi connectivity index (χ0n) is 12.6. The van der Waals surface area contributed by atoms with Crippen LogP contribution in [-0.2, 0) is 4.79 Å². The van der Waals surface area contributed by atoms with Gasteiger partial charge in [-0.2, -0.15) is 0 Å². The second-order valence-corrected chi connectivity index (χ2v) is 7.84. The molecule has 0 aromatic carbocycles. The Hall–Kier alpha value is -0.590. The number of hydrogen-bond acceptors (Lipinski definition) is 1. The molecule has 0 heterocycles. The summed E-state index contributed by atoms with van der Waals surface area (Å²) in [5, 5.41) is 0. The van der Waals surface area contributed by atoms with Crippen molar-refractivity contribution in [3.8, 4) is 0 Å². The molecule has 2 unspecified atom stereocenters. The van der Waals surface area contributed by atoms with E-state index in [1.54, 1.807) is 5.57 Å². The molecule has 18 heavy (non-hydrogen) atoms. The highest BCUT2D eigenvalue weighted by Crippen LogP contribution is 2.73. The molecule has 0 saturated heterocycles. The summed E-state index contributed by atoms with van der Waals surface area (Å²) in [5.41, 5.74) is 3.57. The quantitative estimate of drug-likeness (QED) is 0.633. The Balaban J connectivity index is 2.16. The molecular weight excluding hydrogens is 220 g/mol. The van der Waals surface area contributed by atoms with Crippen LogP contribution in [-0.4, -0.2) is 5.78 Å². The van der Waals surface area contributed by atoms with Crippen molar-refractivity contribution in [2.24, 2.45) is 34.5 Å². The summed E-state index contributed by atoms with van der Waals surface area (Å²) in [5.74, 6) is 2.73. The number of rotatable bonds is 1. The van der Waals surface area contributed by atoms with Gasteiger partial charge >= 0.3 is 0 Å². The van der Waals surface area contributed by atoms with Gasteiger partial charge in [-0.15, -0.1) is 0 Å². The van der Waals surface area contributed by atoms with Gasteiger partial charge in [0, 0.05) is 12.3 Å². The van der Waals surface area contributed by atoms with Crippen molar-refractivity contribution in [1.29, 1.82) is 0 Å². The van der Waals surface area contributed by atoms with Gasteiger partial charge in [-0.3, -0.25) is 4.79 Å². The fourth-order valence-corrected chi connectivity index (χ4v) is 5.77. The molecule has 0 aromatic rings. The Morgan fingerprint density at radius 1 is 1.11 bits per heavy atom. The molecule has 100 valence electrons. The molecular formula is C17H26O. The smallest absolute Gasteiger partial charge is 0.137 e. The molecule has 3 aliphatic rings. The number of carbonyl (C=O) groups excluding carboxylic acids is 1. The summed E-state index contributed by atoms with van der Waals surface area (Å²) in [4.78, 5) is 12.5. The van der Waals surface area contributed by atoms with Crippen molar-refractivity contribution in [3.63, 3.8) is 0 Å². The summed E-state index contributed by atoms with van der Waals surface area (Å²) in [6.45, 7) is 14.0. The van der Waals surface area contributed by atoms with E-state index in [1.165, 1.54) is 12.0 Å². The molecule has 0 amide bonds. The monoisotopic (exact) mass is 246 g/mol. The summed E-state index contributed by atoms with van der Waals surface area (Å²) < 4.78 is 0. The minimum atomic E-state index is 0.171. The van der Waals surface area contributed by atoms with E-state index in [4.69, 9.17) is 0 Å². The fourth-order valence-electron chi connectivity index (χ4n) is 5.77. The summed E-state index contributed by atoms with van der Waals surface area (Å²) >= 11 is 0. The highest BCUT2D eigenvalue weighted by molar-refractivity contribution is 5.87. The van der Waals surface area contributed by atoms with E-state index in [-0.39, 0.29) is 5.41 Å². The molecule has 3 rings (SSSR count). The van der Waals surface area contributed by atoms with Gasteiger partial charge in [0.2, 0.25) is 0 Å². The maximum Gasteiger partial charge on any atom is 0.137 e. The number of fused-ring (bicyclic) bond motifs is 5. The van der Waals surface area contributed by atoms with E-state index in [0.717, 1.165) is 6.42 Å². The van der Waals surface area contributed by atoms with Crippen LogP contribution in [0.2, 0.25) is 0 Å². The van der Waals surface area contributed by atoms with Gasteiger partial charge in [-0.05, 0) is 48.9 Å². The van der Waals surface area contributed by atoms with Gasteiger partial charge in [0.25, 0.3) is 0 Å². The Morgan fingerprint density at radius 3 is 2.22 bits per heavy atom. The minimum Gasteiger partial charge on any atom is -0.299 e. The first-order valence-electron chi connectivity index (χ1n) is 7.44. The fraction of sp³-hybridized carbons (Fsp3) is 0.824. The second-order valence-electron chi connectivity index (χ2n) is 7.84. The summed E-state index contributed by atoms with van der Waals surface area (Å²) in [6, 6.07) is 0. The van der Waals surface area contributed by atoms with Crippen molar-refractivity contribution in [2.45, 2.75) is 54.4 Å². The van der Waals surface area contributed by atoms with Crippen molar-refractivity contribution in [3.05, 3.63) is 11.1 Å². The third-order valence-electron chi connectivity index (χ3n) is 6.89. The first kappa shape index (κ1) is 12.4. The van der Waals surface area contributed by atoms with Gasteiger partial charge in [-0.25, -0.2) is 0 Å². The largest absolute Gasteiger partial charge is 0.299 e. The van der Waals surface area contributed by atoms with Gasteiger partial charge in [0.15, 0.2) is 0 Å². The Labute approximate surface area is 111 Å². The predicted octanol–water partition coefficient (Wildman–Crippen LogP) is 4.23. The topological polar surface area (TPSA) is 17.1 Å². The van der Waals surface area contributed by atoms with Gasteiger partial charge < -0.3 is 0 Å². The van der Waals surface area contributed by atoms with Crippen LogP contribution in [0.3, 0.4) is 0 Å². The highest BCUT2D eigenvalue weighted by atomic mass is 16.1. The van der Waals surface area contributed by atoms with Crippen LogP contribution in [0, 0.1) is 34.5 Å². The van der Waals surface area contributed by atoms with Crippen molar-refractivity contribution < 1.29 is 4.79 Å². The Kier molecular flexibility index (Phi) is 2.28. The number of hydrogen-bond donors (Lipinski definition) is 0. The lowest BCUT2D eigenvalue weighted by Gasteiger charge is -2.40. The van der Waals surface area contributed by atoms with Crippen LogP contribution >= 0.6 is 0 Å². The van der Waals surface area contributed by atoms with E-state index in [2.05, 4.69) is 41.5 Å². The number of Topliss-reactive ketones (excluding diaryl/α,β-unsaturated/α-hetero) is 1. The number of carbonyl (C=O) groups is 1. The van der Waals surface area contributed by atoms with Crippen LogP contribution in [0.4, 0.5) is 0 Å². The number of allylic oxidation sites excluding steroid dienone is 2. The Morgan fingerprint density at radius 2 is 1.67 bits per heavy atom. The lowest BCUT2D eigenvalue weighted by molar-refractivity contribution is -0.123. The highest BCUT2D eigenvalue weighted by Gasteiger charge is 2.69. The third kappa shape index (κ3) is 1.12. The van der Waals surface area contributed by atoms with E-state index in [1.807, 2.05) is 0 Å². The molecule has 1 heteroatoms. The van der Waals surface area contributed by atoms with Crippen molar-refractivity contribution in [1.82, 2.24) is 0 Å². The van der Waals surface area contributed by atoms with Crippen LogP contribution in [0.1, 0.15) is 54.4 Å². The standard InChI is InChI=1S/C17H26O/c1-9(2)12-7-13(18)15-14(12)16(5)8-17(15,6)11(4)10(16)3/h9,12,14-15H,7-8H2,1-6H3/t12-,14-,15+,16?,17?/m1/s1. The average Bonchev–Trinajstić information content (AvgIpc) is 2.80. The lowest BCUT2D eigenvalue weighted by atomic mass is 9.63. The van der Waals surface area contributed by atoms with E-state index in [9.17, 15) is 4.79 Å². The second kappa shape index (κ2) is 3.29. The molecule has 2 fully saturated rings. The van der Waals surface area contributed by atoms with Crippen LogP contribution < -0.4 is 0 Å². The maximum atomic E-state index is 12.5. The van der Waals surface area contributed by atoms with Crippen LogP contribution in [0.25, 0.3) is 0 Å². The summed E-state index contributed by atoms with van der Waals surface area (Å²) in [6.07, 6.45) is 2.04. The summed E-state index contributed by atoms with van der Waals surface area (Å²) in [7, 11) is 0. The molecule has 0 radical (unpaired) electrons. The van der Waals surface area contributed by atoms with Crippen LogP contribution in [0.15, 0.2) is 11.1 Å². The Bertz CT molecular complexity index is 458. The molecule has 0 N–H and O–H groups in total.